The van der Waals surface area contributed by atoms with Crippen molar-refractivity contribution in [2.45, 2.75) is 43.6 Å². The van der Waals surface area contributed by atoms with Gasteiger partial charge in [0, 0.05) is 19.2 Å². The van der Waals surface area contributed by atoms with E-state index in [1.807, 2.05) is 23.1 Å². The summed E-state index contributed by atoms with van der Waals surface area (Å²) in [6.45, 7) is 0.659. The van der Waals surface area contributed by atoms with E-state index < -0.39 is 17.4 Å². The van der Waals surface area contributed by atoms with E-state index in [2.05, 4.69) is 10.1 Å². The van der Waals surface area contributed by atoms with E-state index in [-0.39, 0.29) is 18.4 Å². The number of methoxy groups -OCH3 is 2. The van der Waals surface area contributed by atoms with Crippen molar-refractivity contribution in [2.75, 3.05) is 33.9 Å². The van der Waals surface area contributed by atoms with Gasteiger partial charge in [0.15, 0.2) is 0 Å². The van der Waals surface area contributed by atoms with Crippen LogP contribution in [0.4, 0.5) is 0 Å². The molecule has 1 heterocycles. The molecular formula is C21H28N2O5. The number of benzene rings is 1. The first-order valence-corrected chi connectivity index (χ1v) is 9.79. The number of fused-ring (bicyclic) bond motifs is 1. The van der Waals surface area contributed by atoms with E-state index in [0.29, 0.717) is 18.7 Å². The van der Waals surface area contributed by atoms with Crippen molar-refractivity contribution in [1.29, 1.82) is 0 Å². The van der Waals surface area contributed by atoms with Crippen LogP contribution >= 0.6 is 0 Å². The van der Waals surface area contributed by atoms with Crippen LogP contribution in [0.3, 0.4) is 0 Å². The van der Waals surface area contributed by atoms with Gasteiger partial charge in [-0.05, 0) is 24.5 Å². The van der Waals surface area contributed by atoms with Crippen LogP contribution in [0.1, 0.15) is 53.9 Å². The third kappa shape index (κ3) is 3.63. The highest BCUT2D eigenvalue weighted by atomic mass is 16.5. The summed E-state index contributed by atoms with van der Waals surface area (Å²) in [5, 5.41) is 2.72. The van der Waals surface area contributed by atoms with E-state index in [1.54, 1.807) is 13.2 Å². The average molecular weight is 388 g/mol. The number of nitrogens with zero attached hydrogens (tertiary/aromatic N) is 1. The zero-order valence-electron chi connectivity index (χ0n) is 16.5. The maximum Gasteiger partial charge on any atom is 0.325 e. The average Bonchev–Trinajstić information content (AvgIpc) is 2.72. The summed E-state index contributed by atoms with van der Waals surface area (Å²) < 4.78 is 9.90. The van der Waals surface area contributed by atoms with Crippen molar-refractivity contribution >= 4 is 17.8 Å². The number of ether oxygens (including phenoxy) is 2. The minimum absolute atomic E-state index is 0.0495. The molecule has 1 aromatic rings. The minimum Gasteiger partial charge on any atom is -0.468 e. The second-order valence-electron chi connectivity index (χ2n) is 7.43. The predicted octanol–water partition coefficient (Wildman–Crippen LogP) is 1.86. The fourth-order valence-corrected chi connectivity index (χ4v) is 4.68. The van der Waals surface area contributed by atoms with Crippen molar-refractivity contribution in [3.8, 4) is 0 Å². The van der Waals surface area contributed by atoms with E-state index in [9.17, 15) is 14.4 Å². The zero-order valence-corrected chi connectivity index (χ0v) is 16.5. The maximum atomic E-state index is 13.3. The molecule has 0 radical (unpaired) electrons. The number of hydrogen-bond donors (Lipinski definition) is 1. The van der Waals surface area contributed by atoms with Crippen molar-refractivity contribution in [1.82, 2.24) is 10.2 Å². The van der Waals surface area contributed by atoms with Gasteiger partial charge in [0.1, 0.15) is 6.54 Å². The van der Waals surface area contributed by atoms with Gasteiger partial charge < -0.3 is 19.7 Å². The molecule has 152 valence electrons. The molecule has 1 fully saturated rings. The van der Waals surface area contributed by atoms with Crippen LogP contribution in [0.15, 0.2) is 24.3 Å². The Morgan fingerprint density at radius 3 is 2.57 bits per heavy atom. The Hall–Kier alpha value is -2.41. The van der Waals surface area contributed by atoms with Crippen LogP contribution in [-0.2, 0) is 19.1 Å². The molecule has 1 aliphatic carbocycles. The molecule has 2 amide bonds. The number of carbonyl (C=O) groups is 3. The van der Waals surface area contributed by atoms with E-state index >= 15 is 0 Å². The van der Waals surface area contributed by atoms with Gasteiger partial charge >= 0.3 is 5.97 Å². The van der Waals surface area contributed by atoms with Crippen molar-refractivity contribution in [2.24, 2.45) is 0 Å². The van der Waals surface area contributed by atoms with Gasteiger partial charge in [0.25, 0.3) is 5.91 Å². The summed E-state index contributed by atoms with van der Waals surface area (Å²) in [5.41, 5.74) is 0.695. The summed E-state index contributed by atoms with van der Waals surface area (Å²) >= 11 is 0. The smallest absolute Gasteiger partial charge is 0.325 e. The molecule has 0 saturated heterocycles. The molecule has 1 aliphatic heterocycles. The molecule has 1 saturated carbocycles. The summed E-state index contributed by atoms with van der Waals surface area (Å²) in [4.78, 5) is 40.0. The van der Waals surface area contributed by atoms with Gasteiger partial charge in [-0.15, -0.1) is 0 Å². The van der Waals surface area contributed by atoms with Crippen LogP contribution in [-0.4, -0.2) is 62.1 Å². The standard InChI is InChI=1S/C21H28N2O5/c1-27-13-12-23-20(26)16-9-5-4-8-15(16)18(19(25)22-14-17(24)28-2)21(23)10-6-3-7-11-21/h4-5,8-9,18H,3,6-7,10-14H2,1-2H3,(H,22,25)/t18-/m0/s1. The number of esters is 1. The highest BCUT2D eigenvalue weighted by Gasteiger charge is 2.54. The fraction of sp³-hybridized carbons (Fsp3) is 0.571. The van der Waals surface area contributed by atoms with Crippen molar-refractivity contribution in [3.63, 3.8) is 0 Å². The Balaban J connectivity index is 2.05. The molecule has 0 aromatic heterocycles. The number of nitrogens with one attached hydrogen (secondary N) is 1. The van der Waals surface area contributed by atoms with Crippen molar-refractivity contribution in [3.05, 3.63) is 35.4 Å². The largest absolute Gasteiger partial charge is 0.468 e. The number of carbonyl (C=O) groups excluding carboxylic acids is 3. The highest BCUT2D eigenvalue weighted by molar-refractivity contribution is 6.02. The van der Waals surface area contributed by atoms with E-state index in [0.717, 1.165) is 37.7 Å². The van der Waals surface area contributed by atoms with Gasteiger partial charge in [-0.25, -0.2) is 0 Å². The van der Waals surface area contributed by atoms with Gasteiger partial charge in [0.05, 0.1) is 25.2 Å². The second kappa shape index (κ2) is 8.73. The highest BCUT2D eigenvalue weighted by Crippen LogP contribution is 2.49. The molecule has 1 N–H and O–H groups in total. The first kappa shape index (κ1) is 20.3. The molecule has 1 atom stereocenters. The summed E-state index contributed by atoms with van der Waals surface area (Å²) in [6, 6.07) is 7.30. The molecule has 1 aromatic carbocycles. The first-order valence-electron chi connectivity index (χ1n) is 9.79. The lowest BCUT2D eigenvalue weighted by Gasteiger charge is -2.53. The third-order valence-electron chi connectivity index (χ3n) is 5.96. The molecule has 2 aliphatic rings. The summed E-state index contributed by atoms with van der Waals surface area (Å²) in [5.74, 6) is -1.31. The Morgan fingerprint density at radius 1 is 1.18 bits per heavy atom. The van der Waals surface area contributed by atoms with Gasteiger partial charge in [-0.1, -0.05) is 37.5 Å². The van der Waals surface area contributed by atoms with Crippen LogP contribution in [0.5, 0.6) is 0 Å². The number of hydrogen-bond acceptors (Lipinski definition) is 5. The Bertz CT molecular complexity index is 742. The molecule has 0 unspecified atom stereocenters. The maximum absolute atomic E-state index is 13.3. The van der Waals surface area contributed by atoms with Gasteiger partial charge in [0.2, 0.25) is 5.91 Å². The van der Waals surface area contributed by atoms with Gasteiger partial charge in [-0.3, -0.25) is 14.4 Å². The molecule has 3 rings (SSSR count). The lowest BCUT2D eigenvalue weighted by Crippen LogP contribution is -2.63. The molecule has 7 nitrogen and oxygen atoms in total. The predicted molar refractivity (Wildman–Crippen MR) is 103 cm³/mol. The fourth-order valence-electron chi connectivity index (χ4n) is 4.68. The zero-order chi connectivity index (χ0) is 20.1. The molecule has 7 heteroatoms. The van der Waals surface area contributed by atoms with E-state index in [1.165, 1.54) is 7.11 Å². The number of rotatable bonds is 6. The second-order valence-corrected chi connectivity index (χ2v) is 7.43. The first-order chi connectivity index (χ1) is 13.5. The third-order valence-corrected chi connectivity index (χ3v) is 5.96. The van der Waals surface area contributed by atoms with Crippen LogP contribution in [0, 0.1) is 0 Å². The van der Waals surface area contributed by atoms with E-state index in [4.69, 9.17) is 4.74 Å². The normalized spacial score (nSPS) is 20.6. The Kier molecular flexibility index (Phi) is 6.34. The lowest BCUT2D eigenvalue weighted by molar-refractivity contribution is -0.142. The minimum atomic E-state index is -0.595. The van der Waals surface area contributed by atoms with Crippen LogP contribution in [0.2, 0.25) is 0 Å². The van der Waals surface area contributed by atoms with Crippen molar-refractivity contribution < 1.29 is 23.9 Å². The molecule has 1 spiro atoms. The molecule has 28 heavy (non-hydrogen) atoms. The molecule has 0 bridgehead atoms. The van der Waals surface area contributed by atoms with Gasteiger partial charge in [-0.2, -0.15) is 0 Å². The Morgan fingerprint density at radius 2 is 1.89 bits per heavy atom. The SMILES string of the molecule is COCCN1C(=O)c2ccccc2[C@@H](C(=O)NCC(=O)OC)C12CCCCC2. The number of amides is 2. The van der Waals surface area contributed by atoms with Crippen LogP contribution < -0.4 is 5.32 Å². The quantitative estimate of drug-likeness (QED) is 0.752. The topological polar surface area (TPSA) is 84.9 Å². The Labute approximate surface area is 165 Å². The van der Waals surface area contributed by atoms with Crippen LogP contribution in [0.25, 0.3) is 0 Å². The molecular weight excluding hydrogens is 360 g/mol. The monoisotopic (exact) mass is 388 g/mol. The summed E-state index contributed by atoms with van der Waals surface area (Å²) in [7, 11) is 2.90. The lowest BCUT2D eigenvalue weighted by atomic mass is 9.65. The summed E-state index contributed by atoms with van der Waals surface area (Å²) in [6.07, 6.45) is 4.52.